The SMILES string of the molecule is C[C@@H](c1nccs1)N(C)C(=O)c1[nH]nc(N)c1-c1ccccc1. The van der Waals surface area contributed by atoms with E-state index < -0.39 is 0 Å². The van der Waals surface area contributed by atoms with Crippen molar-refractivity contribution in [2.75, 3.05) is 12.8 Å². The third kappa shape index (κ3) is 2.83. The average molecular weight is 327 g/mol. The Labute approximate surface area is 138 Å². The molecule has 7 heteroatoms. The number of nitrogen functional groups attached to an aromatic ring is 1. The number of carbonyl (C=O) groups excluding carboxylic acids is 1. The Balaban J connectivity index is 1.95. The number of nitrogens with one attached hydrogen (secondary N) is 1. The molecule has 0 aliphatic carbocycles. The second kappa shape index (κ2) is 6.21. The van der Waals surface area contributed by atoms with Gasteiger partial charge in [-0.25, -0.2) is 4.98 Å². The molecule has 0 saturated carbocycles. The van der Waals surface area contributed by atoms with Crippen molar-refractivity contribution in [1.82, 2.24) is 20.1 Å². The monoisotopic (exact) mass is 327 g/mol. The first-order valence-corrected chi connectivity index (χ1v) is 8.03. The standard InChI is InChI=1S/C16H17N5OS/c1-10(15-18-8-9-23-15)21(2)16(22)13-12(14(17)20-19-13)11-6-4-3-5-7-11/h3-10H,1-2H3,(H3,17,19,20)/t10-/m0/s1. The largest absolute Gasteiger partial charge is 0.382 e. The van der Waals surface area contributed by atoms with Gasteiger partial charge in [0.2, 0.25) is 0 Å². The number of carbonyl (C=O) groups is 1. The van der Waals surface area contributed by atoms with E-state index in [0.29, 0.717) is 17.1 Å². The highest BCUT2D eigenvalue weighted by atomic mass is 32.1. The Morgan fingerprint density at radius 1 is 1.35 bits per heavy atom. The first-order valence-electron chi connectivity index (χ1n) is 7.15. The van der Waals surface area contributed by atoms with Crippen molar-refractivity contribution >= 4 is 23.1 Å². The van der Waals surface area contributed by atoms with Gasteiger partial charge in [0.15, 0.2) is 5.82 Å². The van der Waals surface area contributed by atoms with E-state index in [4.69, 9.17) is 5.73 Å². The highest BCUT2D eigenvalue weighted by Gasteiger charge is 2.26. The molecule has 1 aromatic carbocycles. The van der Waals surface area contributed by atoms with Gasteiger partial charge in [-0.15, -0.1) is 11.3 Å². The maximum absolute atomic E-state index is 12.9. The van der Waals surface area contributed by atoms with Gasteiger partial charge in [0.25, 0.3) is 5.91 Å². The number of anilines is 1. The number of aromatic amines is 1. The van der Waals surface area contributed by atoms with Crippen LogP contribution in [0.15, 0.2) is 41.9 Å². The molecule has 3 N–H and O–H groups in total. The minimum Gasteiger partial charge on any atom is -0.382 e. The topological polar surface area (TPSA) is 87.9 Å². The lowest BCUT2D eigenvalue weighted by molar-refractivity contribution is 0.0737. The molecule has 1 atom stereocenters. The van der Waals surface area contributed by atoms with E-state index in [1.54, 1.807) is 18.1 Å². The lowest BCUT2D eigenvalue weighted by Gasteiger charge is -2.23. The molecular weight excluding hydrogens is 310 g/mol. The van der Waals surface area contributed by atoms with E-state index in [-0.39, 0.29) is 11.9 Å². The lowest BCUT2D eigenvalue weighted by atomic mass is 10.0. The van der Waals surface area contributed by atoms with Crippen LogP contribution in [-0.4, -0.2) is 33.0 Å². The third-order valence-corrected chi connectivity index (χ3v) is 4.73. The number of hydrogen-bond acceptors (Lipinski definition) is 5. The Bertz CT molecular complexity index is 797. The minimum atomic E-state index is -0.171. The number of H-pyrrole nitrogens is 1. The van der Waals surface area contributed by atoms with Gasteiger partial charge in [-0.2, -0.15) is 5.10 Å². The van der Waals surface area contributed by atoms with Crippen LogP contribution in [0.3, 0.4) is 0 Å². The Hall–Kier alpha value is -2.67. The molecule has 6 nitrogen and oxygen atoms in total. The van der Waals surface area contributed by atoms with Gasteiger partial charge in [0, 0.05) is 18.6 Å². The molecule has 23 heavy (non-hydrogen) atoms. The number of rotatable bonds is 4. The summed E-state index contributed by atoms with van der Waals surface area (Å²) in [5.74, 6) is 0.144. The highest BCUT2D eigenvalue weighted by Crippen LogP contribution is 2.30. The summed E-state index contributed by atoms with van der Waals surface area (Å²) >= 11 is 1.52. The Morgan fingerprint density at radius 3 is 2.74 bits per heavy atom. The molecule has 0 bridgehead atoms. The molecular formula is C16H17N5OS. The van der Waals surface area contributed by atoms with Crippen molar-refractivity contribution in [3.63, 3.8) is 0 Å². The van der Waals surface area contributed by atoms with Gasteiger partial charge >= 0.3 is 0 Å². The van der Waals surface area contributed by atoms with E-state index >= 15 is 0 Å². The summed E-state index contributed by atoms with van der Waals surface area (Å²) in [4.78, 5) is 18.8. The number of nitrogens with zero attached hydrogens (tertiary/aromatic N) is 3. The van der Waals surface area contributed by atoms with Crippen LogP contribution < -0.4 is 5.73 Å². The molecule has 3 rings (SSSR count). The number of thiazole rings is 1. The van der Waals surface area contributed by atoms with E-state index in [1.165, 1.54) is 11.3 Å². The average Bonchev–Trinajstić information content (AvgIpc) is 3.23. The van der Waals surface area contributed by atoms with E-state index in [2.05, 4.69) is 15.2 Å². The summed E-state index contributed by atoms with van der Waals surface area (Å²) in [5, 5.41) is 9.56. The maximum Gasteiger partial charge on any atom is 0.272 e. The zero-order valence-corrected chi connectivity index (χ0v) is 13.7. The van der Waals surface area contributed by atoms with Crippen molar-refractivity contribution in [1.29, 1.82) is 0 Å². The van der Waals surface area contributed by atoms with Gasteiger partial charge < -0.3 is 10.6 Å². The van der Waals surface area contributed by atoms with Gasteiger partial charge in [-0.05, 0) is 12.5 Å². The molecule has 0 spiro atoms. The molecule has 118 valence electrons. The van der Waals surface area contributed by atoms with Crippen LogP contribution in [-0.2, 0) is 0 Å². The van der Waals surface area contributed by atoms with Gasteiger partial charge in [0.05, 0.1) is 11.6 Å². The number of amides is 1. The molecule has 0 aliphatic rings. The molecule has 1 amide bonds. The lowest BCUT2D eigenvalue weighted by Crippen LogP contribution is -2.30. The van der Waals surface area contributed by atoms with Crippen molar-refractivity contribution in [2.45, 2.75) is 13.0 Å². The number of nitrogens with two attached hydrogens (primary N) is 1. The fourth-order valence-electron chi connectivity index (χ4n) is 2.37. The number of aromatic nitrogens is 3. The van der Waals surface area contributed by atoms with Crippen LogP contribution in [0.2, 0.25) is 0 Å². The van der Waals surface area contributed by atoms with Crippen LogP contribution in [0.1, 0.15) is 28.5 Å². The zero-order valence-electron chi connectivity index (χ0n) is 12.9. The summed E-state index contributed by atoms with van der Waals surface area (Å²) in [6.45, 7) is 1.94. The summed E-state index contributed by atoms with van der Waals surface area (Å²) in [7, 11) is 1.75. The van der Waals surface area contributed by atoms with Crippen molar-refractivity contribution in [3.8, 4) is 11.1 Å². The first-order chi connectivity index (χ1) is 11.1. The summed E-state index contributed by atoms with van der Waals surface area (Å²) in [6, 6.07) is 9.40. The van der Waals surface area contributed by atoms with Crippen molar-refractivity contribution < 1.29 is 4.79 Å². The highest BCUT2D eigenvalue weighted by molar-refractivity contribution is 7.09. The quantitative estimate of drug-likeness (QED) is 0.771. The second-order valence-electron chi connectivity index (χ2n) is 5.19. The van der Waals surface area contributed by atoms with Crippen LogP contribution in [0.5, 0.6) is 0 Å². The Morgan fingerprint density at radius 2 is 2.09 bits per heavy atom. The zero-order chi connectivity index (χ0) is 16.4. The van der Waals surface area contributed by atoms with Gasteiger partial charge in [-0.1, -0.05) is 30.3 Å². The normalized spacial score (nSPS) is 12.1. The summed E-state index contributed by atoms with van der Waals surface area (Å²) < 4.78 is 0. The molecule has 0 radical (unpaired) electrons. The van der Waals surface area contributed by atoms with E-state index in [0.717, 1.165) is 10.6 Å². The second-order valence-corrected chi connectivity index (χ2v) is 6.11. The fraction of sp³-hybridized carbons (Fsp3) is 0.188. The molecule has 0 aliphatic heterocycles. The third-order valence-electron chi connectivity index (χ3n) is 3.78. The molecule has 0 unspecified atom stereocenters. The summed E-state index contributed by atoms with van der Waals surface area (Å²) in [5.41, 5.74) is 7.84. The fourth-order valence-corrected chi connectivity index (χ4v) is 3.10. The minimum absolute atomic E-state index is 0.129. The van der Waals surface area contributed by atoms with Gasteiger partial charge in [0.1, 0.15) is 10.7 Å². The van der Waals surface area contributed by atoms with Crippen molar-refractivity contribution in [2.24, 2.45) is 0 Å². The van der Waals surface area contributed by atoms with E-state index in [1.807, 2.05) is 42.6 Å². The molecule has 0 fully saturated rings. The molecule has 2 aromatic heterocycles. The maximum atomic E-state index is 12.9. The summed E-state index contributed by atoms with van der Waals surface area (Å²) in [6.07, 6.45) is 1.73. The van der Waals surface area contributed by atoms with Crippen molar-refractivity contribution in [3.05, 3.63) is 52.6 Å². The predicted molar refractivity (Wildman–Crippen MR) is 91.1 cm³/mol. The predicted octanol–water partition coefficient (Wildman–Crippen LogP) is 2.95. The number of benzene rings is 1. The van der Waals surface area contributed by atoms with Crippen LogP contribution >= 0.6 is 11.3 Å². The van der Waals surface area contributed by atoms with Crippen LogP contribution in [0.25, 0.3) is 11.1 Å². The van der Waals surface area contributed by atoms with E-state index in [9.17, 15) is 4.79 Å². The first kappa shape index (κ1) is 15.2. The Kier molecular flexibility index (Phi) is 4.12. The molecule has 2 heterocycles. The van der Waals surface area contributed by atoms with Gasteiger partial charge in [-0.3, -0.25) is 9.89 Å². The van der Waals surface area contributed by atoms with Crippen LogP contribution in [0, 0.1) is 0 Å². The molecule has 3 aromatic rings. The molecule has 0 saturated heterocycles. The van der Waals surface area contributed by atoms with Crippen LogP contribution in [0.4, 0.5) is 5.82 Å². The number of hydrogen-bond donors (Lipinski definition) is 2. The smallest absolute Gasteiger partial charge is 0.272 e.